The Bertz CT molecular complexity index is 3130. The Hall–Kier alpha value is -5.92. The summed E-state index contributed by atoms with van der Waals surface area (Å²) >= 11 is 0. The molecule has 0 aliphatic carbocycles. The third-order valence-electron chi connectivity index (χ3n) is 9.01. The molecule has 208 valence electrons. The van der Waals surface area contributed by atoms with Crippen molar-refractivity contribution in [2.75, 3.05) is 0 Å². The van der Waals surface area contributed by atoms with E-state index in [4.69, 9.17) is 18.4 Å². The highest BCUT2D eigenvalue weighted by atomic mass is 16.5. The van der Waals surface area contributed by atoms with E-state index in [9.17, 15) is 0 Å². The summed E-state index contributed by atoms with van der Waals surface area (Å²) < 4.78 is 90.5. The van der Waals surface area contributed by atoms with Gasteiger partial charge in [0.05, 0.1) is 13.7 Å². The van der Waals surface area contributed by atoms with Crippen LogP contribution < -0.4 is 4.74 Å². The lowest BCUT2D eigenvalue weighted by molar-refractivity contribution is 0.487. The molecule has 0 aromatic heterocycles. The zero-order chi connectivity index (χ0) is 38.2. The highest BCUT2D eigenvalue weighted by Gasteiger charge is 2.23. The normalized spacial score (nSPS) is 15.3. The minimum absolute atomic E-state index is 0.137. The monoisotopic (exact) mass is 580 g/mol. The second kappa shape index (κ2) is 9.29. The van der Waals surface area contributed by atoms with Gasteiger partial charge in [0.2, 0.25) is 0 Å². The highest BCUT2D eigenvalue weighted by Crippen LogP contribution is 2.50. The SMILES string of the molecule is [2H]c1c([2H])c([2H])c(-c2ccc3c4c(cccc24)-c2cc(-c4ccc5ccc6c(-c7c([2H])c([2H])c([2H])c([2H])c7[2H])ccc7ccc4c5c76)ccc2O3)c([2H])c1[2H]. The molecule has 1 aliphatic rings. The highest BCUT2D eigenvalue weighted by molar-refractivity contribution is 6.27. The predicted octanol–water partition coefficient (Wildman–Crippen LogP) is 12.5. The summed E-state index contributed by atoms with van der Waals surface area (Å²) in [5.41, 5.74) is 5.06. The van der Waals surface area contributed by atoms with E-state index in [1.807, 2.05) is 54.6 Å². The van der Waals surface area contributed by atoms with E-state index in [0.29, 0.717) is 28.0 Å². The van der Waals surface area contributed by atoms with Crippen LogP contribution in [-0.4, -0.2) is 0 Å². The molecule has 0 spiro atoms. The van der Waals surface area contributed by atoms with E-state index in [1.54, 1.807) is 12.1 Å². The third-order valence-corrected chi connectivity index (χ3v) is 9.01. The summed E-state index contributed by atoms with van der Waals surface area (Å²) in [5.74, 6) is 1.28. The third kappa shape index (κ3) is 3.56. The van der Waals surface area contributed by atoms with Gasteiger partial charge in [-0.1, -0.05) is 139 Å². The molecule has 1 heterocycles. The second-order valence-corrected chi connectivity index (χ2v) is 11.3. The Morgan fingerprint density at radius 2 is 0.911 bits per heavy atom. The van der Waals surface area contributed by atoms with E-state index in [2.05, 4.69) is 30.3 Å². The summed E-state index contributed by atoms with van der Waals surface area (Å²) in [7, 11) is 0. The first-order valence-electron chi connectivity index (χ1n) is 19.7. The minimum Gasteiger partial charge on any atom is -0.456 e. The van der Waals surface area contributed by atoms with Crippen molar-refractivity contribution in [1.82, 2.24) is 0 Å². The molecule has 0 saturated carbocycles. The minimum atomic E-state index is -0.437. The molecule has 0 saturated heterocycles. The van der Waals surface area contributed by atoms with Crippen molar-refractivity contribution in [2.45, 2.75) is 0 Å². The fourth-order valence-electron chi connectivity index (χ4n) is 7.06. The van der Waals surface area contributed by atoms with Crippen molar-refractivity contribution >= 4 is 43.1 Å². The maximum atomic E-state index is 8.69. The molecule has 9 aromatic rings. The molecule has 45 heavy (non-hydrogen) atoms. The predicted molar refractivity (Wildman–Crippen MR) is 189 cm³/mol. The second-order valence-electron chi connectivity index (χ2n) is 11.3. The number of hydrogen-bond donors (Lipinski definition) is 0. The van der Waals surface area contributed by atoms with Crippen molar-refractivity contribution in [3.63, 3.8) is 0 Å². The van der Waals surface area contributed by atoms with Crippen LogP contribution in [-0.2, 0) is 0 Å². The standard InChI is InChI=1S/C44H26O/c1-3-8-27(9-4-1)32-19-14-29-17-22-38-34(20-15-30-16-21-37(32)42(29)43(30)38)31-18-24-40-39(26-31)36-13-7-12-35-33(28-10-5-2-6-11-28)23-25-41(45-40)44(35)36/h1-26H/i1D,2D,3D,4D,5D,6D,8D,9D,10D,11D. The Kier molecular flexibility index (Phi) is 3.47. The zero-order valence-corrected chi connectivity index (χ0v) is 23.6. The molecule has 0 fully saturated rings. The smallest absolute Gasteiger partial charge is 0.135 e. The molecule has 1 aliphatic heterocycles. The molecule has 1 heteroatoms. The van der Waals surface area contributed by atoms with Gasteiger partial charge in [0.25, 0.3) is 0 Å². The summed E-state index contributed by atoms with van der Waals surface area (Å²) in [6.45, 7) is 0. The topological polar surface area (TPSA) is 9.23 Å². The first-order chi connectivity index (χ1) is 26.5. The van der Waals surface area contributed by atoms with E-state index in [-0.39, 0.29) is 59.5 Å². The first-order valence-corrected chi connectivity index (χ1v) is 14.7. The summed E-state index contributed by atoms with van der Waals surface area (Å²) in [6.07, 6.45) is 0. The van der Waals surface area contributed by atoms with E-state index < -0.39 is 12.1 Å². The molecule has 0 bridgehead atoms. The molecule has 10 rings (SSSR count). The van der Waals surface area contributed by atoms with Crippen LogP contribution in [0.3, 0.4) is 0 Å². The van der Waals surface area contributed by atoms with Gasteiger partial charge in [-0.05, 0) is 94.8 Å². The van der Waals surface area contributed by atoms with Crippen molar-refractivity contribution in [1.29, 1.82) is 0 Å². The van der Waals surface area contributed by atoms with Crippen molar-refractivity contribution in [3.8, 4) is 56.0 Å². The maximum absolute atomic E-state index is 8.69. The lowest BCUT2D eigenvalue weighted by Crippen LogP contribution is -1.98. The van der Waals surface area contributed by atoms with Gasteiger partial charge in [-0.2, -0.15) is 0 Å². The fraction of sp³-hybridized carbons (Fsp3) is 0. The van der Waals surface area contributed by atoms with Crippen LogP contribution in [0.2, 0.25) is 0 Å². The van der Waals surface area contributed by atoms with Crippen LogP contribution in [0.15, 0.2) is 157 Å². The van der Waals surface area contributed by atoms with Crippen molar-refractivity contribution in [2.24, 2.45) is 0 Å². The Morgan fingerprint density at radius 3 is 1.56 bits per heavy atom. The average molecular weight is 581 g/mol. The van der Waals surface area contributed by atoms with Crippen molar-refractivity contribution < 1.29 is 18.4 Å². The maximum Gasteiger partial charge on any atom is 0.135 e. The molecule has 0 radical (unpaired) electrons. The first kappa shape index (κ1) is 16.8. The van der Waals surface area contributed by atoms with Gasteiger partial charge in [0.15, 0.2) is 0 Å². The number of fused-ring (bicyclic) bond motifs is 2. The molecule has 1 nitrogen and oxygen atoms in total. The average Bonchev–Trinajstić information content (AvgIpc) is 3.21. The van der Waals surface area contributed by atoms with Gasteiger partial charge < -0.3 is 4.74 Å². The Morgan fingerprint density at radius 1 is 0.378 bits per heavy atom. The molecule has 0 unspecified atom stereocenters. The van der Waals surface area contributed by atoms with Gasteiger partial charge in [0.1, 0.15) is 11.5 Å². The lowest BCUT2D eigenvalue weighted by atomic mass is 9.86. The molecular formula is C44H26O. The molecule has 0 N–H and O–H groups in total. The Labute approximate surface area is 275 Å². The van der Waals surface area contributed by atoms with E-state index >= 15 is 0 Å². The van der Waals surface area contributed by atoms with Gasteiger partial charge in [-0.15, -0.1) is 0 Å². The quantitative estimate of drug-likeness (QED) is 0.189. The van der Waals surface area contributed by atoms with Crippen LogP contribution in [0, 0.1) is 0 Å². The number of benzene rings is 9. The summed E-state index contributed by atoms with van der Waals surface area (Å²) in [6, 6.07) is 28.1. The van der Waals surface area contributed by atoms with Gasteiger partial charge >= 0.3 is 0 Å². The molecular weight excluding hydrogens is 544 g/mol. The van der Waals surface area contributed by atoms with Crippen molar-refractivity contribution in [3.05, 3.63) is 157 Å². The lowest BCUT2D eigenvalue weighted by Gasteiger charge is -2.23. The molecule has 9 aromatic carbocycles. The van der Waals surface area contributed by atoms with Gasteiger partial charge in [-0.3, -0.25) is 0 Å². The van der Waals surface area contributed by atoms with Crippen LogP contribution in [0.1, 0.15) is 13.7 Å². The van der Waals surface area contributed by atoms with Gasteiger partial charge in [-0.25, -0.2) is 0 Å². The number of ether oxygens (including phenoxy) is 1. The van der Waals surface area contributed by atoms with Gasteiger partial charge in [0, 0.05) is 10.9 Å². The Balaban J connectivity index is 1.17. The van der Waals surface area contributed by atoms with Crippen LogP contribution in [0.5, 0.6) is 11.5 Å². The van der Waals surface area contributed by atoms with Crippen LogP contribution >= 0.6 is 0 Å². The molecule has 0 amide bonds. The van der Waals surface area contributed by atoms with Crippen LogP contribution in [0.4, 0.5) is 0 Å². The molecule has 0 atom stereocenters. The fourth-order valence-corrected chi connectivity index (χ4v) is 7.06. The largest absolute Gasteiger partial charge is 0.456 e. The summed E-state index contributed by atoms with van der Waals surface area (Å²) in [5, 5.41) is 7.21. The van der Waals surface area contributed by atoms with E-state index in [1.165, 1.54) is 0 Å². The van der Waals surface area contributed by atoms with E-state index in [0.717, 1.165) is 60.0 Å². The summed E-state index contributed by atoms with van der Waals surface area (Å²) in [4.78, 5) is 0. The number of hydrogen-bond acceptors (Lipinski definition) is 1. The van der Waals surface area contributed by atoms with Crippen LogP contribution in [0.25, 0.3) is 87.6 Å². The zero-order valence-electron chi connectivity index (χ0n) is 33.6. The number of rotatable bonds is 3.